The number of rotatable bonds is 32. The van der Waals surface area contributed by atoms with Gasteiger partial charge in [0.2, 0.25) is 29.5 Å². The second kappa shape index (κ2) is 33.7. The molecule has 0 aliphatic carbocycles. The summed E-state index contributed by atoms with van der Waals surface area (Å²) in [6.45, 7) is -3.84. The minimum Gasteiger partial charge on any atom is -0.461 e. The maximum Gasteiger partial charge on any atom is 0.306 e. The molecule has 3 saturated heterocycles. The molecule has 3 aliphatic heterocycles. The number of aliphatic hydroxyl groups is 12. The minimum absolute atomic E-state index is 0.000282. The molecule has 3 heterocycles. The van der Waals surface area contributed by atoms with Crippen molar-refractivity contribution in [1.82, 2.24) is 26.6 Å². The lowest BCUT2D eigenvalue weighted by atomic mass is 9.99. The van der Waals surface area contributed by atoms with Crippen molar-refractivity contribution < 1.29 is 123 Å². The van der Waals surface area contributed by atoms with Gasteiger partial charge in [-0.05, 0) is 31.2 Å². The first-order valence-electron chi connectivity index (χ1n) is 25.2. The van der Waals surface area contributed by atoms with Crippen molar-refractivity contribution in [1.29, 1.82) is 0 Å². The Morgan fingerprint density at radius 2 is 0.844 bits per heavy atom. The maximum absolute atomic E-state index is 13.5. The number of hydrogen-bond acceptors (Lipinski definition) is 25. The zero-order chi connectivity index (χ0) is 56.6. The molecule has 3 aliphatic rings. The maximum atomic E-state index is 13.5. The third kappa shape index (κ3) is 20.8. The van der Waals surface area contributed by atoms with Gasteiger partial charge in [-0.3, -0.25) is 28.8 Å². The van der Waals surface area contributed by atoms with E-state index in [1.54, 1.807) is 24.3 Å². The fraction of sp³-hybridized carbons (Fsp3) is 0.745. The number of esters is 1. The van der Waals surface area contributed by atoms with Crippen molar-refractivity contribution in [3.8, 4) is 0 Å². The van der Waals surface area contributed by atoms with Crippen LogP contribution in [0.15, 0.2) is 30.3 Å². The monoisotopic (exact) mass is 1110 g/mol. The average Bonchev–Trinajstić information content (AvgIpc) is 3.42. The first-order valence-corrected chi connectivity index (χ1v) is 25.2. The lowest BCUT2D eigenvalue weighted by Gasteiger charge is -2.39. The number of nitrogens with one attached hydrogen (secondary N) is 5. The molecule has 438 valence electrons. The Kier molecular flexibility index (Phi) is 28.4. The number of carbonyl (C=O) groups excluding carboxylic acids is 6. The fourth-order valence-electron chi connectivity index (χ4n) is 8.00. The lowest BCUT2D eigenvalue weighted by molar-refractivity contribution is -0.300. The van der Waals surface area contributed by atoms with Crippen LogP contribution in [0.4, 0.5) is 0 Å². The Morgan fingerprint density at radius 3 is 1.26 bits per heavy atom. The van der Waals surface area contributed by atoms with E-state index in [0.717, 1.165) is 5.56 Å². The van der Waals surface area contributed by atoms with Gasteiger partial charge in [-0.15, -0.1) is 0 Å². The molecular formula is C47H75N5O25. The molecule has 0 saturated carbocycles. The molecule has 0 unspecified atom stereocenters. The van der Waals surface area contributed by atoms with Crippen molar-refractivity contribution in [2.75, 3.05) is 59.3 Å². The highest BCUT2D eigenvalue weighted by molar-refractivity contribution is 5.90. The number of unbranched alkanes of at least 4 members (excludes halogenated alkanes) is 1. The lowest BCUT2D eigenvalue weighted by Crippen LogP contribution is -2.59. The summed E-state index contributed by atoms with van der Waals surface area (Å²) in [7, 11) is 0. The Labute approximate surface area is 441 Å². The van der Waals surface area contributed by atoms with Crippen LogP contribution in [-0.4, -0.2) is 260 Å². The van der Waals surface area contributed by atoms with Crippen molar-refractivity contribution >= 4 is 35.5 Å². The predicted molar refractivity (Wildman–Crippen MR) is 255 cm³/mol. The molecule has 77 heavy (non-hydrogen) atoms. The molecule has 30 nitrogen and oxygen atoms in total. The summed E-state index contributed by atoms with van der Waals surface area (Å²) in [5, 5.41) is 132. The van der Waals surface area contributed by atoms with Gasteiger partial charge in [0.1, 0.15) is 91.9 Å². The van der Waals surface area contributed by atoms with Crippen LogP contribution in [0.1, 0.15) is 56.9 Å². The molecule has 1 aromatic carbocycles. The summed E-state index contributed by atoms with van der Waals surface area (Å²) >= 11 is 0. The summed E-state index contributed by atoms with van der Waals surface area (Å²) in [5.41, 5.74) is 0.789. The van der Waals surface area contributed by atoms with Crippen LogP contribution in [0, 0.1) is 0 Å². The van der Waals surface area contributed by atoms with E-state index in [1.807, 2.05) is 6.07 Å². The number of hydrogen-bond donors (Lipinski definition) is 17. The topological polar surface area (TPSA) is 470 Å². The van der Waals surface area contributed by atoms with Crippen LogP contribution >= 0.6 is 0 Å². The molecule has 0 radical (unpaired) electrons. The highest BCUT2D eigenvalue weighted by Crippen LogP contribution is 2.24. The normalized spacial score (nSPS) is 30.1. The smallest absolute Gasteiger partial charge is 0.306 e. The first-order chi connectivity index (χ1) is 36.8. The Bertz CT molecular complexity index is 1960. The van der Waals surface area contributed by atoms with E-state index in [-0.39, 0.29) is 84.6 Å². The molecule has 0 aromatic heterocycles. The Balaban J connectivity index is 1.35. The summed E-state index contributed by atoms with van der Waals surface area (Å²) in [4.78, 5) is 79.0. The summed E-state index contributed by atoms with van der Waals surface area (Å²) in [6, 6.07) is 6.16. The van der Waals surface area contributed by atoms with Crippen LogP contribution in [0.2, 0.25) is 0 Å². The molecule has 4 rings (SSSR count). The zero-order valence-electron chi connectivity index (χ0n) is 42.1. The van der Waals surface area contributed by atoms with Crippen LogP contribution in [0.5, 0.6) is 0 Å². The van der Waals surface area contributed by atoms with E-state index in [4.69, 9.17) is 33.2 Å². The second-order valence-electron chi connectivity index (χ2n) is 18.3. The largest absolute Gasteiger partial charge is 0.461 e. The molecule has 5 amide bonds. The molecule has 0 bridgehead atoms. The van der Waals surface area contributed by atoms with Gasteiger partial charge in [0.05, 0.1) is 39.6 Å². The number of benzene rings is 1. The van der Waals surface area contributed by atoms with Gasteiger partial charge < -0.3 is 121 Å². The third-order valence-electron chi connectivity index (χ3n) is 12.5. The van der Waals surface area contributed by atoms with E-state index in [1.165, 1.54) is 0 Å². The molecule has 1 aromatic rings. The van der Waals surface area contributed by atoms with E-state index in [0.29, 0.717) is 0 Å². The molecule has 3 fully saturated rings. The predicted octanol–water partition coefficient (Wildman–Crippen LogP) is -8.38. The van der Waals surface area contributed by atoms with Crippen molar-refractivity contribution in [3.63, 3.8) is 0 Å². The first kappa shape index (κ1) is 64.8. The molecule has 0 spiro atoms. The average molecular weight is 1110 g/mol. The Hall–Kier alpha value is -4.68. The standard InChI is InChI=1S/C47H75N5O25/c53-20-27-34(60)37(63)40(66)45(75-27)71-17-14-48-30(56)12-10-25(43(69)49-15-18-72-46-41(67)38(64)35(61)28(21-54)76-46)52-32(58)13-11-26(44(70)50-16-19-73-47-42(68)39(65)36(62)29(22-55)77-47)51-31(57)8-4-5-9-33(59)74-23-24-6-2-1-3-7-24/h1-3,6-7,25-29,34-42,45-47,53-55,60-68H,4-5,8-23H2,(H,48,56)(H,49,69)(H,50,70)(H,51,57)(H,52,58)/t25-,26-,27+,28+,29+,34+,35+,36+,37-,38-,39-,40-,41-,42-,45-,46-,47-/m0/s1. The van der Waals surface area contributed by atoms with Gasteiger partial charge in [0, 0.05) is 45.3 Å². The van der Waals surface area contributed by atoms with E-state index in [2.05, 4.69) is 26.6 Å². The van der Waals surface area contributed by atoms with Crippen LogP contribution in [-0.2, 0) is 68.5 Å². The van der Waals surface area contributed by atoms with Gasteiger partial charge in [-0.25, -0.2) is 0 Å². The van der Waals surface area contributed by atoms with Crippen molar-refractivity contribution in [2.24, 2.45) is 0 Å². The SMILES string of the molecule is O=C(CC[C@H](NC(=O)CC[C@H](NC(=O)CCCCC(=O)OCc1ccccc1)C(=O)NCCO[C@H]1O[C@H](CO)[C@@H](O)[C@H](O)[C@@H]1O)C(=O)NCCO[C@H]1O[C@H](CO)[C@@H](O)[C@H](O)[C@@H]1O)NCCO[C@H]1O[C@H](CO)[C@@H](O)[C@H](O)[C@@H]1O. The van der Waals surface area contributed by atoms with Gasteiger partial charge in [-0.1, -0.05) is 30.3 Å². The second-order valence-corrected chi connectivity index (χ2v) is 18.3. The van der Waals surface area contributed by atoms with Gasteiger partial charge in [0.25, 0.3) is 0 Å². The van der Waals surface area contributed by atoms with Gasteiger partial charge in [-0.2, -0.15) is 0 Å². The van der Waals surface area contributed by atoms with Crippen LogP contribution in [0.25, 0.3) is 0 Å². The van der Waals surface area contributed by atoms with Gasteiger partial charge in [0.15, 0.2) is 18.9 Å². The van der Waals surface area contributed by atoms with Crippen LogP contribution in [0.3, 0.4) is 0 Å². The molecule has 30 heteroatoms. The minimum atomic E-state index is -1.74. The summed E-state index contributed by atoms with van der Waals surface area (Å²) in [6.07, 6.45) is -24.8. The van der Waals surface area contributed by atoms with Crippen molar-refractivity contribution in [2.45, 2.75) is 162 Å². The third-order valence-corrected chi connectivity index (χ3v) is 12.5. The van der Waals surface area contributed by atoms with Gasteiger partial charge >= 0.3 is 5.97 Å². The summed E-state index contributed by atoms with van der Waals surface area (Å²) < 4.78 is 37.3. The number of ether oxygens (including phenoxy) is 7. The van der Waals surface area contributed by atoms with Crippen molar-refractivity contribution in [3.05, 3.63) is 35.9 Å². The molecule has 17 N–H and O–H groups in total. The van der Waals surface area contributed by atoms with E-state index < -0.39 is 172 Å². The number of amides is 5. The fourth-order valence-corrected chi connectivity index (χ4v) is 8.00. The highest BCUT2D eigenvalue weighted by atomic mass is 16.7. The van der Waals surface area contributed by atoms with E-state index >= 15 is 0 Å². The quantitative estimate of drug-likeness (QED) is 0.0235. The number of aliphatic hydroxyl groups excluding tert-OH is 12. The summed E-state index contributed by atoms with van der Waals surface area (Å²) in [5.74, 6) is -4.26. The molecular weight excluding hydrogens is 1030 g/mol. The van der Waals surface area contributed by atoms with Crippen LogP contribution < -0.4 is 26.6 Å². The number of carbonyl (C=O) groups is 6. The van der Waals surface area contributed by atoms with E-state index in [9.17, 15) is 90.0 Å². The zero-order valence-corrected chi connectivity index (χ0v) is 42.1. The molecule has 17 atom stereocenters. The Morgan fingerprint density at radius 1 is 0.468 bits per heavy atom. The highest BCUT2D eigenvalue weighted by Gasteiger charge is 2.46.